The molecule has 0 N–H and O–H groups in total. The molecule has 5 rings (SSSR count). The number of hydrogen-bond acceptors (Lipinski definition) is 5. The third-order valence-corrected chi connectivity index (χ3v) is 7.18. The molecule has 164 valence electrons. The summed E-state index contributed by atoms with van der Waals surface area (Å²) < 4.78 is 11.3. The summed E-state index contributed by atoms with van der Waals surface area (Å²) >= 11 is 1.48. The molecule has 0 saturated carbocycles. The van der Waals surface area contributed by atoms with Gasteiger partial charge in [-0.05, 0) is 66.3 Å². The number of fused-ring (bicyclic) bond motifs is 1. The summed E-state index contributed by atoms with van der Waals surface area (Å²) in [5.41, 5.74) is 3.32. The van der Waals surface area contributed by atoms with Gasteiger partial charge in [-0.3, -0.25) is 4.79 Å². The van der Waals surface area contributed by atoms with E-state index in [1.165, 1.54) is 17.3 Å². The van der Waals surface area contributed by atoms with Crippen molar-refractivity contribution in [1.29, 1.82) is 0 Å². The molecule has 0 aromatic heterocycles. The number of piperidine rings is 1. The van der Waals surface area contributed by atoms with E-state index >= 15 is 0 Å². The number of ether oxygens (including phenoxy) is 2. The molecule has 2 aromatic rings. The number of carbonyl (C=O) groups is 1. The van der Waals surface area contributed by atoms with Crippen molar-refractivity contribution in [3.8, 4) is 11.5 Å². The van der Waals surface area contributed by atoms with E-state index in [2.05, 4.69) is 46.3 Å². The molecule has 6 heteroatoms. The van der Waals surface area contributed by atoms with Gasteiger partial charge in [-0.1, -0.05) is 42.5 Å². The normalized spacial score (nSPS) is 20.0. The number of hydrogen-bond donors (Lipinski definition) is 0. The summed E-state index contributed by atoms with van der Waals surface area (Å²) in [4.78, 5) is 19.8. The van der Waals surface area contributed by atoms with Crippen molar-refractivity contribution in [2.75, 3.05) is 26.8 Å². The third kappa shape index (κ3) is 4.46. The number of amidine groups is 1. The molecular weight excluding hydrogens is 420 g/mol. The molecule has 3 aliphatic rings. The van der Waals surface area contributed by atoms with Gasteiger partial charge in [0.15, 0.2) is 16.7 Å². The van der Waals surface area contributed by atoms with E-state index in [1.807, 2.05) is 24.3 Å². The lowest BCUT2D eigenvalue weighted by Gasteiger charge is -2.32. The number of nitrogens with zero attached hydrogens (tertiary/aromatic N) is 2. The first-order valence-corrected chi connectivity index (χ1v) is 11.8. The fourth-order valence-corrected chi connectivity index (χ4v) is 5.40. The first-order chi connectivity index (χ1) is 15.7. The molecule has 1 amide bonds. The molecule has 32 heavy (non-hydrogen) atoms. The highest BCUT2D eigenvalue weighted by Crippen LogP contribution is 2.37. The van der Waals surface area contributed by atoms with E-state index in [1.54, 1.807) is 7.11 Å². The van der Waals surface area contributed by atoms with Crippen molar-refractivity contribution in [1.82, 2.24) is 4.90 Å². The number of thioether (sulfide) groups is 1. The molecule has 0 unspecified atom stereocenters. The molecule has 3 aliphatic heterocycles. The highest BCUT2D eigenvalue weighted by atomic mass is 32.2. The zero-order valence-electron chi connectivity index (χ0n) is 18.1. The van der Waals surface area contributed by atoms with Gasteiger partial charge >= 0.3 is 0 Å². The first-order valence-electron chi connectivity index (χ1n) is 11.0. The zero-order valence-corrected chi connectivity index (χ0v) is 18.9. The number of methoxy groups -OCH3 is 1. The zero-order chi connectivity index (χ0) is 21.9. The van der Waals surface area contributed by atoms with Crippen LogP contribution in [0.15, 0.2) is 70.1 Å². The highest BCUT2D eigenvalue weighted by Gasteiger charge is 2.29. The molecular formula is C26H26N2O3S. The monoisotopic (exact) mass is 446 g/mol. The molecule has 0 bridgehead atoms. The SMILES string of the molecule is COc1cccc2c1OCC(C=C1SC(N3CCC(Cc4ccccc4)CC3)=NC1=O)=C2. The summed E-state index contributed by atoms with van der Waals surface area (Å²) in [6.45, 7) is 2.30. The van der Waals surface area contributed by atoms with Crippen LogP contribution in [0.3, 0.4) is 0 Å². The summed E-state index contributed by atoms with van der Waals surface area (Å²) in [5.74, 6) is 2.00. The lowest BCUT2D eigenvalue weighted by Crippen LogP contribution is -2.37. The van der Waals surface area contributed by atoms with Gasteiger partial charge in [-0.25, -0.2) is 0 Å². The minimum atomic E-state index is -0.159. The van der Waals surface area contributed by atoms with Crippen molar-refractivity contribution in [2.45, 2.75) is 19.3 Å². The van der Waals surface area contributed by atoms with Crippen LogP contribution in [-0.4, -0.2) is 42.8 Å². The van der Waals surface area contributed by atoms with Gasteiger partial charge in [0.1, 0.15) is 6.61 Å². The van der Waals surface area contributed by atoms with Gasteiger partial charge in [0.25, 0.3) is 5.91 Å². The minimum absolute atomic E-state index is 0.159. The van der Waals surface area contributed by atoms with E-state index in [9.17, 15) is 4.79 Å². The Hall–Kier alpha value is -2.99. The summed E-state index contributed by atoms with van der Waals surface area (Å²) in [6.07, 6.45) is 7.33. The Morgan fingerprint density at radius 3 is 2.75 bits per heavy atom. The second kappa shape index (κ2) is 9.25. The summed E-state index contributed by atoms with van der Waals surface area (Å²) in [7, 11) is 1.64. The fraction of sp³-hybridized carbons (Fsp3) is 0.308. The third-order valence-electron chi connectivity index (χ3n) is 6.13. The molecule has 0 aliphatic carbocycles. The largest absolute Gasteiger partial charge is 0.493 e. The number of para-hydroxylation sites is 1. The molecule has 0 spiro atoms. The van der Waals surface area contributed by atoms with Crippen LogP contribution in [0.1, 0.15) is 24.0 Å². The average Bonchev–Trinajstić information content (AvgIpc) is 3.19. The molecule has 1 saturated heterocycles. The Balaban J connectivity index is 1.21. The summed E-state index contributed by atoms with van der Waals surface area (Å²) in [5, 5.41) is 0.832. The highest BCUT2D eigenvalue weighted by molar-refractivity contribution is 8.18. The molecule has 0 atom stereocenters. The van der Waals surface area contributed by atoms with Gasteiger partial charge in [-0.2, -0.15) is 4.99 Å². The van der Waals surface area contributed by atoms with Gasteiger partial charge < -0.3 is 14.4 Å². The predicted molar refractivity (Wildman–Crippen MR) is 129 cm³/mol. The van der Waals surface area contributed by atoms with Crippen molar-refractivity contribution in [3.05, 3.63) is 76.2 Å². The van der Waals surface area contributed by atoms with E-state index in [4.69, 9.17) is 9.47 Å². The fourth-order valence-electron chi connectivity index (χ4n) is 4.42. The molecule has 5 nitrogen and oxygen atoms in total. The van der Waals surface area contributed by atoms with Crippen LogP contribution >= 0.6 is 11.8 Å². The number of likely N-dealkylation sites (tertiary alicyclic amines) is 1. The van der Waals surface area contributed by atoms with E-state index < -0.39 is 0 Å². The molecule has 1 fully saturated rings. The standard InChI is InChI=1S/C26H26N2O3S/c1-30-22-9-5-8-21-15-20(17-31-24(21)22)16-23-25(29)27-26(32-23)28-12-10-19(11-13-28)14-18-6-3-2-4-7-18/h2-9,15-16,19H,10-14,17H2,1H3. The quantitative estimate of drug-likeness (QED) is 0.623. The Labute approximate surface area is 192 Å². The Bertz CT molecular complexity index is 1100. The minimum Gasteiger partial charge on any atom is -0.493 e. The second-order valence-corrected chi connectivity index (χ2v) is 9.33. The van der Waals surface area contributed by atoms with E-state index in [-0.39, 0.29) is 5.91 Å². The summed E-state index contributed by atoms with van der Waals surface area (Å²) in [6, 6.07) is 16.5. The number of amides is 1. The van der Waals surface area contributed by atoms with Crippen LogP contribution in [-0.2, 0) is 11.2 Å². The van der Waals surface area contributed by atoms with Crippen LogP contribution in [0.4, 0.5) is 0 Å². The van der Waals surface area contributed by atoms with Crippen molar-refractivity contribution in [2.24, 2.45) is 10.9 Å². The van der Waals surface area contributed by atoms with Crippen molar-refractivity contribution >= 4 is 28.9 Å². The second-order valence-electron chi connectivity index (χ2n) is 8.32. The van der Waals surface area contributed by atoms with Crippen LogP contribution < -0.4 is 9.47 Å². The van der Waals surface area contributed by atoms with Crippen LogP contribution in [0.2, 0.25) is 0 Å². The van der Waals surface area contributed by atoms with Gasteiger partial charge in [-0.15, -0.1) is 0 Å². The van der Waals surface area contributed by atoms with Crippen LogP contribution in [0.25, 0.3) is 6.08 Å². The van der Waals surface area contributed by atoms with Crippen molar-refractivity contribution < 1.29 is 14.3 Å². The van der Waals surface area contributed by atoms with Gasteiger partial charge in [0.05, 0.1) is 12.0 Å². The van der Waals surface area contributed by atoms with Gasteiger partial charge in [0, 0.05) is 18.7 Å². The average molecular weight is 447 g/mol. The van der Waals surface area contributed by atoms with Crippen molar-refractivity contribution in [3.63, 3.8) is 0 Å². The Morgan fingerprint density at radius 1 is 1.16 bits per heavy atom. The van der Waals surface area contributed by atoms with E-state index in [0.717, 1.165) is 60.2 Å². The maximum Gasteiger partial charge on any atom is 0.286 e. The van der Waals surface area contributed by atoms with Crippen LogP contribution in [0, 0.1) is 5.92 Å². The Morgan fingerprint density at radius 2 is 1.97 bits per heavy atom. The predicted octanol–water partition coefficient (Wildman–Crippen LogP) is 4.94. The smallest absolute Gasteiger partial charge is 0.286 e. The maximum absolute atomic E-state index is 12.6. The number of benzene rings is 2. The molecule has 3 heterocycles. The first kappa shape index (κ1) is 20.9. The van der Waals surface area contributed by atoms with Crippen LogP contribution in [0.5, 0.6) is 11.5 Å². The lowest BCUT2D eigenvalue weighted by atomic mass is 9.90. The number of rotatable bonds is 4. The van der Waals surface area contributed by atoms with E-state index in [0.29, 0.717) is 17.4 Å². The maximum atomic E-state index is 12.6. The number of aliphatic imine (C=N–C) groups is 1. The number of carbonyl (C=O) groups excluding carboxylic acids is 1. The Kier molecular flexibility index (Phi) is 6.04. The molecule has 2 aromatic carbocycles. The lowest BCUT2D eigenvalue weighted by molar-refractivity contribution is -0.113. The topological polar surface area (TPSA) is 51.1 Å². The van der Waals surface area contributed by atoms with Gasteiger partial charge in [0.2, 0.25) is 0 Å². The molecule has 0 radical (unpaired) electrons.